The topological polar surface area (TPSA) is 149 Å². The van der Waals surface area contributed by atoms with Crippen molar-refractivity contribution in [3.8, 4) is 0 Å². The summed E-state index contributed by atoms with van der Waals surface area (Å²) in [6, 6.07) is -0.713. The number of allylic oxidation sites excluding steroid dienone is 2. The Morgan fingerprint density at radius 2 is 0.918 bits per heavy atom. The van der Waals surface area contributed by atoms with Crippen LogP contribution >= 0.6 is 0 Å². The molecule has 362 valence electrons. The highest BCUT2D eigenvalue weighted by atomic mass is 16.7. The number of unbranched alkanes of at least 4 members (excludes halogenated alkanes) is 33. The first-order chi connectivity index (χ1) is 29.8. The number of aliphatic hydroxyl groups is 5. The maximum atomic E-state index is 13.0. The monoisotopic (exact) mass is 868 g/mol. The van der Waals surface area contributed by atoms with Crippen molar-refractivity contribution in [2.75, 3.05) is 13.2 Å². The van der Waals surface area contributed by atoms with Crippen molar-refractivity contribution < 1.29 is 39.8 Å². The Kier molecular flexibility index (Phi) is 40.7. The van der Waals surface area contributed by atoms with Gasteiger partial charge in [0.15, 0.2) is 6.29 Å². The maximum Gasteiger partial charge on any atom is 0.220 e. The van der Waals surface area contributed by atoms with Gasteiger partial charge < -0.3 is 40.3 Å². The van der Waals surface area contributed by atoms with Crippen LogP contribution in [0.15, 0.2) is 12.2 Å². The number of hydrogen-bond donors (Lipinski definition) is 6. The predicted molar refractivity (Wildman–Crippen MR) is 254 cm³/mol. The second-order valence-electron chi connectivity index (χ2n) is 18.7. The number of rotatable bonds is 45. The van der Waals surface area contributed by atoms with Crippen LogP contribution in [0.2, 0.25) is 0 Å². The van der Waals surface area contributed by atoms with Crippen molar-refractivity contribution in [2.24, 2.45) is 0 Å². The molecule has 0 aliphatic carbocycles. The fraction of sp³-hybridized carbons (Fsp3) is 0.942. The predicted octanol–water partition coefficient (Wildman–Crippen LogP) is 12.1. The Labute approximate surface area is 376 Å². The molecule has 1 aliphatic rings. The molecule has 9 nitrogen and oxygen atoms in total. The number of carbonyl (C=O) groups is 1. The summed E-state index contributed by atoms with van der Waals surface area (Å²) in [4.78, 5) is 13.0. The molecule has 0 radical (unpaired) electrons. The van der Waals surface area contributed by atoms with Gasteiger partial charge in [-0.3, -0.25) is 4.79 Å². The van der Waals surface area contributed by atoms with Gasteiger partial charge in [0.25, 0.3) is 0 Å². The molecule has 6 N–H and O–H groups in total. The maximum absolute atomic E-state index is 13.0. The lowest BCUT2D eigenvalue weighted by Crippen LogP contribution is -2.60. The third-order valence-corrected chi connectivity index (χ3v) is 12.9. The molecular formula is C52H101NO8. The Morgan fingerprint density at radius 1 is 0.541 bits per heavy atom. The lowest BCUT2D eigenvalue weighted by molar-refractivity contribution is -0.302. The van der Waals surface area contributed by atoms with Crippen LogP contribution in [0.3, 0.4) is 0 Å². The second-order valence-corrected chi connectivity index (χ2v) is 18.7. The molecule has 0 aromatic heterocycles. The van der Waals surface area contributed by atoms with Crippen molar-refractivity contribution in [2.45, 2.75) is 301 Å². The first kappa shape index (κ1) is 57.9. The molecule has 9 heteroatoms. The highest BCUT2D eigenvalue weighted by Crippen LogP contribution is 2.23. The van der Waals surface area contributed by atoms with E-state index in [9.17, 15) is 30.3 Å². The minimum Gasteiger partial charge on any atom is -0.394 e. The van der Waals surface area contributed by atoms with Gasteiger partial charge in [0.05, 0.1) is 25.4 Å². The van der Waals surface area contributed by atoms with Crippen LogP contribution in [0, 0.1) is 0 Å². The quantitative estimate of drug-likeness (QED) is 0.0262. The van der Waals surface area contributed by atoms with E-state index in [1.165, 1.54) is 193 Å². The van der Waals surface area contributed by atoms with E-state index < -0.39 is 49.5 Å². The molecule has 0 saturated carbocycles. The average molecular weight is 868 g/mol. The van der Waals surface area contributed by atoms with Gasteiger partial charge in [0.1, 0.15) is 24.4 Å². The smallest absolute Gasteiger partial charge is 0.220 e. The molecule has 1 rings (SSSR count). The summed E-state index contributed by atoms with van der Waals surface area (Å²) < 4.78 is 11.2. The van der Waals surface area contributed by atoms with E-state index in [-0.39, 0.29) is 12.5 Å². The third-order valence-electron chi connectivity index (χ3n) is 12.9. The van der Waals surface area contributed by atoms with Crippen molar-refractivity contribution in [3.05, 3.63) is 12.2 Å². The minimum atomic E-state index is -1.55. The Balaban J connectivity index is 2.10. The van der Waals surface area contributed by atoms with Gasteiger partial charge in [0, 0.05) is 6.42 Å². The average Bonchev–Trinajstić information content (AvgIpc) is 3.26. The fourth-order valence-corrected chi connectivity index (χ4v) is 8.63. The van der Waals surface area contributed by atoms with Gasteiger partial charge in [-0.1, -0.05) is 225 Å². The van der Waals surface area contributed by atoms with Gasteiger partial charge in [-0.15, -0.1) is 0 Å². The van der Waals surface area contributed by atoms with Crippen molar-refractivity contribution in [1.82, 2.24) is 5.32 Å². The van der Waals surface area contributed by atoms with Crippen molar-refractivity contribution in [3.63, 3.8) is 0 Å². The summed E-state index contributed by atoms with van der Waals surface area (Å²) in [6.45, 7) is 3.83. The molecule has 1 aliphatic heterocycles. The summed E-state index contributed by atoms with van der Waals surface area (Å²) in [7, 11) is 0. The zero-order valence-corrected chi connectivity index (χ0v) is 39.9. The van der Waals surface area contributed by atoms with E-state index in [0.717, 1.165) is 38.5 Å². The summed E-state index contributed by atoms with van der Waals surface area (Å²) in [5.74, 6) is -0.144. The number of aliphatic hydroxyl groups excluding tert-OH is 5. The SMILES string of the molecule is CCCCCCCCCCCCCC/C=C\CCCCCCCCCCCCCCCC(=O)NC(COC1OC(CO)C(O)C(O)C1O)C(O)CCCCCCCCCCC. The summed E-state index contributed by atoms with van der Waals surface area (Å²) in [5, 5.41) is 54.3. The van der Waals surface area contributed by atoms with E-state index in [2.05, 4.69) is 31.3 Å². The Hall–Kier alpha value is -1.07. The molecule has 1 amide bonds. The Morgan fingerprint density at radius 3 is 1.33 bits per heavy atom. The lowest BCUT2D eigenvalue weighted by atomic mass is 9.99. The summed E-state index contributed by atoms with van der Waals surface area (Å²) >= 11 is 0. The third kappa shape index (κ3) is 33.1. The van der Waals surface area contributed by atoms with Crippen LogP contribution in [0.4, 0.5) is 0 Å². The molecule has 1 heterocycles. The van der Waals surface area contributed by atoms with Gasteiger partial charge in [-0.05, 0) is 38.5 Å². The second kappa shape index (κ2) is 42.9. The molecule has 7 atom stereocenters. The summed E-state index contributed by atoms with van der Waals surface area (Å²) in [5.41, 5.74) is 0. The van der Waals surface area contributed by atoms with Crippen LogP contribution in [0.1, 0.15) is 258 Å². The van der Waals surface area contributed by atoms with E-state index >= 15 is 0 Å². The number of carbonyl (C=O) groups excluding carboxylic acids is 1. The van der Waals surface area contributed by atoms with Crippen molar-refractivity contribution in [1.29, 1.82) is 0 Å². The molecule has 1 saturated heterocycles. The van der Waals surface area contributed by atoms with Crippen LogP contribution in [0.5, 0.6) is 0 Å². The first-order valence-corrected chi connectivity index (χ1v) is 26.4. The first-order valence-electron chi connectivity index (χ1n) is 26.4. The van der Waals surface area contributed by atoms with Gasteiger partial charge in [-0.2, -0.15) is 0 Å². The van der Waals surface area contributed by atoms with E-state index in [1.54, 1.807) is 0 Å². The zero-order valence-electron chi connectivity index (χ0n) is 39.9. The largest absolute Gasteiger partial charge is 0.394 e. The lowest BCUT2D eigenvalue weighted by Gasteiger charge is -2.40. The molecule has 61 heavy (non-hydrogen) atoms. The Bertz CT molecular complexity index is 966. The molecule has 0 aromatic rings. The highest BCUT2D eigenvalue weighted by molar-refractivity contribution is 5.76. The number of ether oxygens (including phenoxy) is 2. The van der Waals surface area contributed by atoms with Crippen molar-refractivity contribution >= 4 is 5.91 Å². The number of hydrogen-bond acceptors (Lipinski definition) is 8. The molecule has 1 fully saturated rings. The van der Waals surface area contributed by atoms with Crippen LogP contribution in [0.25, 0.3) is 0 Å². The number of amides is 1. The zero-order chi connectivity index (χ0) is 44.4. The van der Waals surface area contributed by atoms with Crippen LogP contribution in [-0.4, -0.2) is 87.5 Å². The minimum absolute atomic E-state index is 0.135. The van der Waals surface area contributed by atoms with E-state index in [0.29, 0.717) is 12.8 Å². The standard InChI is InChI=1S/C52H101NO8/c1-3-5-7-9-11-13-14-15-16-17-18-19-20-21-22-23-24-25-26-27-28-29-30-31-32-34-36-38-40-42-48(56)53-45(46(55)41-39-37-35-33-12-10-8-6-4-2)44-60-52-51(59)50(58)49(57)47(43-54)61-52/h21-22,45-47,49-52,54-55,57-59H,3-20,23-44H2,1-2H3,(H,53,56)/b22-21-. The number of nitrogens with one attached hydrogen (secondary N) is 1. The van der Waals surface area contributed by atoms with Crippen LogP contribution in [-0.2, 0) is 14.3 Å². The molecular weight excluding hydrogens is 767 g/mol. The molecule has 7 unspecified atom stereocenters. The molecule has 0 spiro atoms. The normalized spacial score (nSPS) is 20.4. The van der Waals surface area contributed by atoms with E-state index in [4.69, 9.17) is 9.47 Å². The molecule has 0 aromatic carbocycles. The fourth-order valence-electron chi connectivity index (χ4n) is 8.63. The molecule has 0 bridgehead atoms. The van der Waals surface area contributed by atoms with Gasteiger partial charge in [0.2, 0.25) is 5.91 Å². The highest BCUT2D eigenvalue weighted by Gasteiger charge is 2.44. The summed E-state index contributed by atoms with van der Waals surface area (Å²) in [6.07, 6.45) is 44.0. The van der Waals surface area contributed by atoms with E-state index in [1.807, 2.05) is 0 Å². The van der Waals surface area contributed by atoms with Gasteiger partial charge in [-0.25, -0.2) is 0 Å². The van der Waals surface area contributed by atoms with Gasteiger partial charge >= 0.3 is 0 Å². The van der Waals surface area contributed by atoms with Crippen LogP contribution < -0.4 is 5.32 Å².